The van der Waals surface area contributed by atoms with Gasteiger partial charge in [0, 0.05) is 0 Å². The van der Waals surface area contributed by atoms with Crippen LogP contribution >= 0.6 is 0 Å². The van der Waals surface area contributed by atoms with Crippen LogP contribution in [0.1, 0.15) is 17.2 Å². The van der Waals surface area contributed by atoms with E-state index in [9.17, 15) is 17.6 Å². The van der Waals surface area contributed by atoms with Gasteiger partial charge in [0.25, 0.3) is 0 Å². The molecule has 0 aliphatic rings. The van der Waals surface area contributed by atoms with Crippen LogP contribution in [0.2, 0.25) is 0 Å². The van der Waals surface area contributed by atoms with E-state index in [-0.39, 0.29) is 5.75 Å². The lowest BCUT2D eigenvalue weighted by atomic mass is 9.98. The highest BCUT2D eigenvalue weighted by atomic mass is 19.4. The van der Waals surface area contributed by atoms with E-state index in [1.165, 1.54) is 30.3 Å². The number of halogens is 4. The van der Waals surface area contributed by atoms with Gasteiger partial charge in [0.2, 0.25) is 0 Å². The van der Waals surface area contributed by atoms with Crippen LogP contribution in [0.5, 0.6) is 5.75 Å². The summed E-state index contributed by atoms with van der Waals surface area (Å²) in [7, 11) is 1.65. The Hall–Kier alpha value is -2.08. The molecule has 0 saturated heterocycles. The lowest BCUT2D eigenvalue weighted by molar-refractivity contribution is -0.274. The zero-order valence-electron chi connectivity index (χ0n) is 11.1. The Kier molecular flexibility index (Phi) is 4.47. The monoisotopic (exact) mass is 299 g/mol. The second-order valence-corrected chi connectivity index (χ2v) is 4.40. The number of hydrogen-bond donors (Lipinski definition) is 1. The molecular weight excluding hydrogens is 286 g/mol. The van der Waals surface area contributed by atoms with Gasteiger partial charge < -0.3 is 10.1 Å². The van der Waals surface area contributed by atoms with Gasteiger partial charge in [0.1, 0.15) is 11.6 Å². The Balaban J connectivity index is 2.32. The molecule has 2 nitrogen and oxygen atoms in total. The molecule has 2 aromatic rings. The normalized spacial score (nSPS) is 13.0. The molecule has 21 heavy (non-hydrogen) atoms. The summed E-state index contributed by atoms with van der Waals surface area (Å²) in [6, 6.07) is 11.0. The van der Waals surface area contributed by atoms with Crippen molar-refractivity contribution in [2.24, 2.45) is 0 Å². The zero-order chi connectivity index (χ0) is 15.5. The fourth-order valence-electron chi connectivity index (χ4n) is 2.10. The van der Waals surface area contributed by atoms with E-state index >= 15 is 0 Å². The van der Waals surface area contributed by atoms with Crippen LogP contribution in [-0.4, -0.2) is 13.4 Å². The molecule has 0 aromatic heterocycles. The van der Waals surface area contributed by atoms with Crippen LogP contribution in [-0.2, 0) is 0 Å². The molecule has 0 aliphatic carbocycles. The largest absolute Gasteiger partial charge is 0.573 e. The molecule has 2 aromatic carbocycles. The van der Waals surface area contributed by atoms with E-state index in [0.29, 0.717) is 11.1 Å². The highest BCUT2D eigenvalue weighted by Crippen LogP contribution is 2.28. The van der Waals surface area contributed by atoms with E-state index in [0.717, 1.165) is 0 Å². The van der Waals surface area contributed by atoms with Crippen molar-refractivity contribution < 1.29 is 22.3 Å². The maximum atomic E-state index is 13.3. The second-order valence-electron chi connectivity index (χ2n) is 4.40. The molecule has 0 heterocycles. The predicted octanol–water partition coefficient (Wildman–Crippen LogP) is 4.03. The summed E-state index contributed by atoms with van der Waals surface area (Å²) in [5.74, 6) is -0.716. The van der Waals surface area contributed by atoms with Crippen molar-refractivity contribution in [3.8, 4) is 5.75 Å². The Morgan fingerprint density at radius 3 is 2.19 bits per heavy atom. The molecule has 112 valence electrons. The van der Waals surface area contributed by atoms with Crippen molar-refractivity contribution in [3.63, 3.8) is 0 Å². The third-order valence-electron chi connectivity index (χ3n) is 2.90. The second kappa shape index (κ2) is 6.13. The minimum Gasteiger partial charge on any atom is -0.406 e. The van der Waals surface area contributed by atoms with Gasteiger partial charge in [0.05, 0.1) is 6.04 Å². The van der Waals surface area contributed by atoms with Gasteiger partial charge in [-0.1, -0.05) is 24.3 Å². The zero-order valence-corrected chi connectivity index (χ0v) is 11.1. The lowest BCUT2D eigenvalue weighted by Gasteiger charge is -2.18. The molecule has 0 radical (unpaired) electrons. The molecular formula is C15H13F4NO. The first kappa shape index (κ1) is 15.3. The summed E-state index contributed by atoms with van der Waals surface area (Å²) in [4.78, 5) is 0. The molecule has 6 heteroatoms. The number of hydrogen-bond acceptors (Lipinski definition) is 2. The van der Waals surface area contributed by atoms with E-state index in [1.807, 2.05) is 0 Å². The van der Waals surface area contributed by atoms with Crippen LogP contribution < -0.4 is 10.1 Å². The fourth-order valence-corrected chi connectivity index (χ4v) is 2.10. The first-order valence-corrected chi connectivity index (χ1v) is 6.17. The molecule has 1 atom stereocenters. The molecule has 1 unspecified atom stereocenters. The van der Waals surface area contributed by atoms with E-state index in [2.05, 4.69) is 10.1 Å². The van der Waals surface area contributed by atoms with Gasteiger partial charge in [-0.05, 0) is 42.4 Å². The number of ether oxygens (including phenoxy) is 1. The Morgan fingerprint density at radius 2 is 1.62 bits per heavy atom. The molecule has 0 saturated carbocycles. The molecule has 1 N–H and O–H groups in total. The minimum absolute atomic E-state index is 0.309. The molecule has 2 rings (SSSR count). The van der Waals surface area contributed by atoms with Gasteiger partial charge in [-0.15, -0.1) is 13.2 Å². The van der Waals surface area contributed by atoms with Gasteiger partial charge >= 0.3 is 6.36 Å². The first-order chi connectivity index (χ1) is 9.89. The third kappa shape index (κ3) is 4.19. The maximum absolute atomic E-state index is 13.3. The van der Waals surface area contributed by atoms with Crippen LogP contribution in [0.15, 0.2) is 48.5 Å². The highest BCUT2D eigenvalue weighted by molar-refractivity contribution is 5.36. The van der Waals surface area contributed by atoms with E-state index in [1.54, 1.807) is 25.2 Å². The van der Waals surface area contributed by atoms with Gasteiger partial charge in [-0.3, -0.25) is 0 Å². The standard InChI is InChI=1S/C15H13F4NO/c1-20-14(10-4-2-6-12(16)8-10)11-5-3-7-13(9-11)21-15(17,18)19/h2-9,14,20H,1H3. The predicted molar refractivity (Wildman–Crippen MR) is 70.4 cm³/mol. The van der Waals surface area contributed by atoms with Crippen molar-refractivity contribution in [1.82, 2.24) is 5.32 Å². The number of nitrogens with one attached hydrogen (secondary N) is 1. The summed E-state index contributed by atoms with van der Waals surface area (Å²) in [6.45, 7) is 0. The fraction of sp³-hybridized carbons (Fsp3) is 0.200. The van der Waals surface area contributed by atoms with Crippen LogP contribution in [0.4, 0.5) is 17.6 Å². The highest BCUT2D eigenvalue weighted by Gasteiger charge is 2.31. The minimum atomic E-state index is -4.74. The summed E-state index contributed by atoms with van der Waals surface area (Å²) >= 11 is 0. The van der Waals surface area contributed by atoms with Crippen molar-refractivity contribution in [2.45, 2.75) is 12.4 Å². The van der Waals surface area contributed by atoms with E-state index in [4.69, 9.17) is 0 Å². The first-order valence-electron chi connectivity index (χ1n) is 6.17. The molecule has 0 bridgehead atoms. The van der Waals surface area contributed by atoms with Gasteiger partial charge in [0.15, 0.2) is 0 Å². The average molecular weight is 299 g/mol. The van der Waals surface area contributed by atoms with Crippen molar-refractivity contribution in [2.75, 3.05) is 7.05 Å². The molecule has 0 aliphatic heterocycles. The SMILES string of the molecule is CNC(c1cccc(F)c1)c1cccc(OC(F)(F)F)c1. The average Bonchev–Trinajstić information content (AvgIpc) is 2.38. The summed E-state index contributed by atoms with van der Waals surface area (Å²) < 4.78 is 53.9. The number of rotatable bonds is 4. The Bertz CT molecular complexity index is 613. The van der Waals surface area contributed by atoms with E-state index < -0.39 is 18.2 Å². The van der Waals surface area contributed by atoms with Crippen LogP contribution in [0.3, 0.4) is 0 Å². The number of benzene rings is 2. The molecule has 0 fully saturated rings. The van der Waals surface area contributed by atoms with Gasteiger partial charge in [-0.2, -0.15) is 0 Å². The summed E-state index contributed by atoms with van der Waals surface area (Å²) in [5.41, 5.74) is 1.16. The summed E-state index contributed by atoms with van der Waals surface area (Å²) in [5, 5.41) is 2.95. The van der Waals surface area contributed by atoms with Crippen molar-refractivity contribution in [1.29, 1.82) is 0 Å². The third-order valence-corrected chi connectivity index (χ3v) is 2.90. The van der Waals surface area contributed by atoms with Gasteiger partial charge in [-0.25, -0.2) is 4.39 Å². The molecule has 0 spiro atoms. The van der Waals surface area contributed by atoms with Crippen molar-refractivity contribution in [3.05, 3.63) is 65.5 Å². The smallest absolute Gasteiger partial charge is 0.406 e. The topological polar surface area (TPSA) is 21.3 Å². The Morgan fingerprint density at radius 1 is 1.00 bits per heavy atom. The molecule has 0 amide bonds. The summed E-state index contributed by atoms with van der Waals surface area (Å²) in [6.07, 6.45) is -4.74. The lowest BCUT2D eigenvalue weighted by Crippen LogP contribution is -2.19. The van der Waals surface area contributed by atoms with Crippen molar-refractivity contribution >= 4 is 0 Å². The Labute approximate surface area is 119 Å². The quantitative estimate of drug-likeness (QED) is 0.861. The van der Waals surface area contributed by atoms with Crippen LogP contribution in [0, 0.1) is 5.82 Å². The maximum Gasteiger partial charge on any atom is 0.573 e. The van der Waals surface area contributed by atoms with Crippen LogP contribution in [0.25, 0.3) is 0 Å². The number of alkyl halides is 3.